The van der Waals surface area contributed by atoms with E-state index in [9.17, 15) is 0 Å². The number of hydrogen-bond donors (Lipinski definition) is 0. The number of ether oxygens (including phenoxy) is 2. The van der Waals surface area contributed by atoms with Crippen LogP contribution < -0.4 is 0 Å². The highest BCUT2D eigenvalue weighted by Gasteiger charge is 1.85. The van der Waals surface area contributed by atoms with Gasteiger partial charge in [-0.05, 0) is 19.3 Å². The highest BCUT2D eigenvalue weighted by atomic mass is 127. The molecule has 0 unspecified atom stereocenters. The smallest absolute Gasteiger partial charge is 0.146 e. The van der Waals surface area contributed by atoms with Crippen LogP contribution >= 0.6 is 22.6 Å². The van der Waals surface area contributed by atoms with Gasteiger partial charge >= 0.3 is 0 Å². The molecule has 0 aliphatic carbocycles. The molecule has 0 aliphatic rings. The summed E-state index contributed by atoms with van der Waals surface area (Å²) in [5, 5.41) is 0. The van der Waals surface area contributed by atoms with Crippen LogP contribution in [-0.2, 0) is 9.47 Å². The van der Waals surface area contributed by atoms with Crippen LogP contribution in [0, 0.1) is 0 Å². The first-order chi connectivity index (χ1) is 6.41. The minimum atomic E-state index is 0.438. The van der Waals surface area contributed by atoms with Crippen LogP contribution in [0.25, 0.3) is 0 Å². The average Bonchev–Trinajstić information content (AvgIpc) is 2.16. The number of halogens is 1. The molecular formula is C10H19IO2. The minimum Gasteiger partial charge on any atom is -0.355 e. The third kappa shape index (κ3) is 12.4. The molecule has 0 aromatic carbocycles. The zero-order valence-electron chi connectivity index (χ0n) is 8.30. The monoisotopic (exact) mass is 298 g/mol. The zero-order chi connectivity index (χ0) is 9.78. The Labute approximate surface area is 94.8 Å². The summed E-state index contributed by atoms with van der Waals surface area (Å²) in [5.41, 5.74) is 0. The molecule has 0 spiro atoms. The van der Waals surface area contributed by atoms with Crippen LogP contribution in [0.2, 0.25) is 0 Å². The van der Waals surface area contributed by atoms with Gasteiger partial charge in [0.25, 0.3) is 0 Å². The lowest BCUT2D eigenvalue weighted by Gasteiger charge is -2.02. The summed E-state index contributed by atoms with van der Waals surface area (Å²) < 4.78 is 11.6. The molecule has 0 saturated heterocycles. The summed E-state index contributed by atoms with van der Waals surface area (Å²) in [7, 11) is 0. The van der Waals surface area contributed by atoms with E-state index in [-0.39, 0.29) is 0 Å². The second-order valence-electron chi connectivity index (χ2n) is 2.67. The van der Waals surface area contributed by atoms with E-state index in [1.54, 1.807) is 0 Å². The number of allylic oxidation sites excluding steroid dienone is 1. The van der Waals surface area contributed by atoms with Gasteiger partial charge in [0.1, 0.15) is 6.79 Å². The van der Waals surface area contributed by atoms with E-state index in [0.717, 1.165) is 32.5 Å². The fourth-order valence-corrected chi connectivity index (χ4v) is 1.13. The van der Waals surface area contributed by atoms with Crippen LogP contribution in [0.1, 0.15) is 26.2 Å². The van der Waals surface area contributed by atoms with Crippen LogP contribution in [0.15, 0.2) is 12.2 Å². The van der Waals surface area contributed by atoms with Crippen molar-refractivity contribution >= 4 is 22.6 Å². The highest BCUT2D eigenvalue weighted by Crippen LogP contribution is 1.92. The Kier molecular flexibility index (Phi) is 12.8. The maximum atomic E-state index is 5.24. The van der Waals surface area contributed by atoms with Gasteiger partial charge in [-0.25, -0.2) is 0 Å². The van der Waals surface area contributed by atoms with Gasteiger partial charge in [-0.2, -0.15) is 0 Å². The molecule has 0 aromatic heterocycles. The maximum Gasteiger partial charge on any atom is 0.146 e. The Morgan fingerprint density at radius 2 is 1.77 bits per heavy atom. The van der Waals surface area contributed by atoms with E-state index in [0.29, 0.717) is 6.79 Å². The third-order valence-corrected chi connectivity index (χ3v) is 2.01. The highest BCUT2D eigenvalue weighted by molar-refractivity contribution is 14.1. The molecule has 0 amide bonds. The summed E-state index contributed by atoms with van der Waals surface area (Å²) in [6.45, 7) is 4.09. The Hall–Kier alpha value is 0.390. The van der Waals surface area contributed by atoms with E-state index in [4.69, 9.17) is 9.47 Å². The van der Waals surface area contributed by atoms with Gasteiger partial charge in [0.05, 0.1) is 6.61 Å². The minimum absolute atomic E-state index is 0.438. The predicted molar refractivity (Wildman–Crippen MR) is 64.3 cm³/mol. The third-order valence-electron chi connectivity index (χ3n) is 1.39. The second kappa shape index (κ2) is 12.4. The van der Waals surface area contributed by atoms with E-state index < -0.39 is 0 Å². The number of alkyl halides is 1. The molecule has 2 nitrogen and oxygen atoms in total. The van der Waals surface area contributed by atoms with Gasteiger partial charge < -0.3 is 9.47 Å². The molecule has 0 N–H and O–H groups in total. The standard InChI is InChI=1S/C10H19IO2/c1-2-8-12-10-13-9-6-4-3-5-7-11/h3-4H,2,5-10H2,1H3/b4-3+. The SMILES string of the molecule is CCCOCOCC/C=C/CCI. The van der Waals surface area contributed by atoms with Gasteiger partial charge in [-0.1, -0.05) is 41.7 Å². The molecule has 0 aromatic rings. The fourth-order valence-electron chi connectivity index (χ4n) is 0.771. The van der Waals surface area contributed by atoms with Crippen molar-refractivity contribution in [2.45, 2.75) is 26.2 Å². The Morgan fingerprint density at radius 1 is 1.08 bits per heavy atom. The van der Waals surface area contributed by atoms with Crippen molar-refractivity contribution in [3.63, 3.8) is 0 Å². The van der Waals surface area contributed by atoms with Crippen molar-refractivity contribution in [2.75, 3.05) is 24.4 Å². The van der Waals surface area contributed by atoms with Crippen LogP contribution in [-0.4, -0.2) is 24.4 Å². The van der Waals surface area contributed by atoms with Crippen molar-refractivity contribution in [1.82, 2.24) is 0 Å². The van der Waals surface area contributed by atoms with Crippen molar-refractivity contribution < 1.29 is 9.47 Å². The lowest BCUT2D eigenvalue weighted by Crippen LogP contribution is -2.01. The summed E-state index contributed by atoms with van der Waals surface area (Å²) in [6, 6.07) is 0. The van der Waals surface area contributed by atoms with Gasteiger partial charge in [-0.15, -0.1) is 0 Å². The molecule has 0 radical (unpaired) electrons. The first-order valence-corrected chi connectivity index (χ1v) is 6.30. The maximum absolute atomic E-state index is 5.24. The molecule has 13 heavy (non-hydrogen) atoms. The zero-order valence-corrected chi connectivity index (χ0v) is 10.5. The lowest BCUT2D eigenvalue weighted by molar-refractivity contribution is -0.0519. The van der Waals surface area contributed by atoms with E-state index >= 15 is 0 Å². The second-order valence-corrected chi connectivity index (χ2v) is 3.75. The van der Waals surface area contributed by atoms with Crippen molar-refractivity contribution in [2.24, 2.45) is 0 Å². The fraction of sp³-hybridized carbons (Fsp3) is 0.800. The Bertz CT molecular complexity index is 115. The lowest BCUT2D eigenvalue weighted by atomic mass is 10.3. The van der Waals surface area contributed by atoms with Crippen LogP contribution in [0.4, 0.5) is 0 Å². The number of hydrogen-bond acceptors (Lipinski definition) is 2. The average molecular weight is 298 g/mol. The molecular weight excluding hydrogens is 279 g/mol. The van der Waals surface area contributed by atoms with Gasteiger partial charge in [-0.3, -0.25) is 0 Å². The van der Waals surface area contributed by atoms with Crippen molar-refractivity contribution in [3.05, 3.63) is 12.2 Å². The molecule has 0 heterocycles. The molecule has 3 heteroatoms. The van der Waals surface area contributed by atoms with Crippen LogP contribution in [0.5, 0.6) is 0 Å². The topological polar surface area (TPSA) is 18.5 Å². The quantitative estimate of drug-likeness (QED) is 0.214. The van der Waals surface area contributed by atoms with E-state index in [1.807, 2.05) is 0 Å². The first kappa shape index (κ1) is 13.4. The normalized spacial score (nSPS) is 11.2. The summed E-state index contributed by atoms with van der Waals surface area (Å²) in [4.78, 5) is 0. The molecule has 0 atom stereocenters. The molecule has 0 rings (SSSR count). The molecule has 0 saturated carbocycles. The summed E-state index contributed by atoms with van der Waals surface area (Å²) in [5.74, 6) is 0. The first-order valence-electron chi connectivity index (χ1n) is 4.78. The molecule has 0 bridgehead atoms. The predicted octanol–water partition coefficient (Wildman–Crippen LogP) is 3.16. The van der Waals surface area contributed by atoms with Crippen molar-refractivity contribution in [1.29, 1.82) is 0 Å². The van der Waals surface area contributed by atoms with Gasteiger partial charge in [0, 0.05) is 11.0 Å². The van der Waals surface area contributed by atoms with E-state index in [1.165, 1.54) is 4.43 Å². The summed E-state index contributed by atoms with van der Waals surface area (Å²) >= 11 is 2.37. The molecule has 0 aliphatic heterocycles. The Balaban J connectivity index is 2.91. The summed E-state index contributed by atoms with van der Waals surface area (Å²) in [6.07, 6.45) is 7.57. The molecule has 78 valence electrons. The van der Waals surface area contributed by atoms with Crippen molar-refractivity contribution in [3.8, 4) is 0 Å². The van der Waals surface area contributed by atoms with E-state index in [2.05, 4.69) is 41.7 Å². The van der Waals surface area contributed by atoms with Gasteiger partial charge in [0.2, 0.25) is 0 Å². The largest absolute Gasteiger partial charge is 0.355 e. The van der Waals surface area contributed by atoms with Crippen LogP contribution in [0.3, 0.4) is 0 Å². The number of rotatable bonds is 9. The molecule has 0 fully saturated rings. The Morgan fingerprint density at radius 3 is 2.46 bits per heavy atom. The van der Waals surface area contributed by atoms with Gasteiger partial charge in [0.15, 0.2) is 0 Å².